The Labute approximate surface area is 116 Å². The van der Waals surface area contributed by atoms with Gasteiger partial charge in [-0.15, -0.1) is 0 Å². The molecule has 0 aliphatic heterocycles. The van der Waals surface area contributed by atoms with Gasteiger partial charge in [-0.3, -0.25) is 9.59 Å². The third-order valence-corrected chi connectivity index (χ3v) is 2.86. The normalized spacial score (nSPS) is 11.9. The molecular weight excluding hydrogens is 244 g/mol. The van der Waals surface area contributed by atoms with E-state index in [2.05, 4.69) is 6.92 Å². The summed E-state index contributed by atoms with van der Waals surface area (Å²) in [6, 6.07) is 0. The predicted octanol–water partition coefficient (Wildman–Crippen LogP) is 3.62. The maximum Gasteiger partial charge on any atom is 0.306 e. The Morgan fingerprint density at radius 3 is 2.26 bits per heavy atom. The zero-order valence-corrected chi connectivity index (χ0v) is 12.6. The second kappa shape index (κ2) is 12.0. The van der Waals surface area contributed by atoms with Gasteiger partial charge in [0.25, 0.3) is 0 Å². The number of esters is 2. The molecule has 0 saturated heterocycles. The molecule has 0 N–H and O–H groups in total. The van der Waals surface area contributed by atoms with Gasteiger partial charge in [0.15, 0.2) is 0 Å². The van der Waals surface area contributed by atoms with E-state index in [-0.39, 0.29) is 30.9 Å². The minimum absolute atomic E-state index is 0.0213. The number of carbonyl (C=O) groups is 2. The lowest BCUT2D eigenvalue weighted by Crippen LogP contribution is -2.15. The molecule has 4 nitrogen and oxygen atoms in total. The summed E-state index contributed by atoms with van der Waals surface area (Å²) in [6.45, 7) is 6.26. The molecule has 0 amide bonds. The van der Waals surface area contributed by atoms with E-state index in [0.29, 0.717) is 13.0 Å². The molecule has 0 aromatic rings. The van der Waals surface area contributed by atoms with Crippen LogP contribution < -0.4 is 0 Å². The van der Waals surface area contributed by atoms with E-state index in [9.17, 15) is 9.59 Å². The molecule has 19 heavy (non-hydrogen) atoms. The summed E-state index contributed by atoms with van der Waals surface area (Å²) in [5.74, 6) is -0.463. The Kier molecular flexibility index (Phi) is 11.3. The third kappa shape index (κ3) is 11.7. The number of ether oxygens (including phenoxy) is 2. The quantitative estimate of drug-likeness (QED) is 0.426. The average molecular weight is 272 g/mol. The van der Waals surface area contributed by atoms with Gasteiger partial charge in [-0.05, 0) is 33.1 Å². The highest BCUT2D eigenvalue weighted by Crippen LogP contribution is 2.09. The SMILES string of the molecule is CCCCCCC(C)OC(=O)CCCC(=O)OCC. The number of carbonyl (C=O) groups excluding carboxylic acids is 2. The Hall–Kier alpha value is -1.06. The monoisotopic (exact) mass is 272 g/mol. The van der Waals surface area contributed by atoms with E-state index in [1.165, 1.54) is 19.3 Å². The van der Waals surface area contributed by atoms with Gasteiger partial charge in [0.2, 0.25) is 0 Å². The largest absolute Gasteiger partial charge is 0.466 e. The van der Waals surface area contributed by atoms with Crippen molar-refractivity contribution in [3.8, 4) is 0 Å². The van der Waals surface area contributed by atoms with Crippen molar-refractivity contribution in [2.75, 3.05) is 6.61 Å². The molecular formula is C15H28O4. The molecule has 1 unspecified atom stereocenters. The summed E-state index contributed by atoms with van der Waals surface area (Å²) in [4.78, 5) is 22.6. The van der Waals surface area contributed by atoms with Gasteiger partial charge >= 0.3 is 11.9 Å². The van der Waals surface area contributed by atoms with Crippen LogP contribution in [0.1, 0.15) is 72.1 Å². The van der Waals surface area contributed by atoms with Crippen LogP contribution in [0.5, 0.6) is 0 Å². The van der Waals surface area contributed by atoms with Gasteiger partial charge in [0, 0.05) is 12.8 Å². The Morgan fingerprint density at radius 1 is 0.947 bits per heavy atom. The van der Waals surface area contributed by atoms with Crippen molar-refractivity contribution in [3.63, 3.8) is 0 Å². The maximum absolute atomic E-state index is 11.5. The standard InChI is InChI=1S/C15H28O4/c1-4-6-7-8-10-13(3)19-15(17)12-9-11-14(16)18-5-2/h13H,4-12H2,1-3H3. The fourth-order valence-corrected chi connectivity index (χ4v) is 1.81. The van der Waals surface area contributed by atoms with Crippen LogP contribution in [-0.2, 0) is 19.1 Å². The number of unbranched alkanes of at least 4 members (excludes halogenated alkanes) is 3. The van der Waals surface area contributed by atoms with Crippen molar-refractivity contribution in [1.29, 1.82) is 0 Å². The summed E-state index contributed by atoms with van der Waals surface area (Å²) in [6.07, 6.45) is 6.72. The zero-order chi connectivity index (χ0) is 14.5. The summed E-state index contributed by atoms with van der Waals surface area (Å²) in [5.41, 5.74) is 0. The average Bonchev–Trinajstić information content (AvgIpc) is 2.35. The molecule has 0 aromatic heterocycles. The molecule has 4 heteroatoms. The van der Waals surface area contributed by atoms with Crippen molar-refractivity contribution in [2.24, 2.45) is 0 Å². The molecule has 0 saturated carbocycles. The second-order valence-corrected chi connectivity index (χ2v) is 4.81. The van der Waals surface area contributed by atoms with Crippen molar-refractivity contribution in [2.45, 2.75) is 78.2 Å². The maximum atomic E-state index is 11.5. The molecule has 0 fully saturated rings. The highest BCUT2D eigenvalue weighted by Gasteiger charge is 2.10. The number of hydrogen-bond acceptors (Lipinski definition) is 4. The molecule has 0 bridgehead atoms. The molecule has 1 atom stereocenters. The Morgan fingerprint density at radius 2 is 1.63 bits per heavy atom. The highest BCUT2D eigenvalue weighted by molar-refractivity contribution is 5.72. The van der Waals surface area contributed by atoms with Crippen LogP contribution in [0.15, 0.2) is 0 Å². The first-order valence-corrected chi connectivity index (χ1v) is 7.45. The smallest absolute Gasteiger partial charge is 0.306 e. The Bertz CT molecular complexity index is 251. The van der Waals surface area contributed by atoms with E-state index in [1.54, 1.807) is 6.92 Å². The summed E-state index contributed by atoms with van der Waals surface area (Å²) in [5, 5.41) is 0. The molecule has 0 spiro atoms. The van der Waals surface area contributed by atoms with E-state index in [1.807, 2.05) is 6.92 Å². The third-order valence-electron chi connectivity index (χ3n) is 2.86. The van der Waals surface area contributed by atoms with Crippen LogP contribution in [0.3, 0.4) is 0 Å². The van der Waals surface area contributed by atoms with Crippen molar-refractivity contribution >= 4 is 11.9 Å². The first-order valence-electron chi connectivity index (χ1n) is 7.45. The zero-order valence-electron chi connectivity index (χ0n) is 12.6. The summed E-state index contributed by atoms with van der Waals surface area (Å²) < 4.78 is 10.1. The minimum atomic E-state index is -0.247. The molecule has 112 valence electrons. The fourth-order valence-electron chi connectivity index (χ4n) is 1.81. The lowest BCUT2D eigenvalue weighted by Gasteiger charge is -2.12. The first-order chi connectivity index (χ1) is 9.10. The van der Waals surface area contributed by atoms with Crippen LogP contribution in [0.25, 0.3) is 0 Å². The molecule has 0 aliphatic carbocycles. The molecule has 0 aromatic carbocycles. The number of hydrogen-bond donors (Lipinski definition) is 0. The second-order valence-electron chi connectivity index (χ2n) is 4.81. The summed E-state index contributed by atoms with van der Waals surface area (Å²) in [7, 11) is 0. The first kappa shape index (κ1) is 17.9. The van der Waals surface area contributed by atoms with Crippen LogP contribution in [0, 0.1) is 0 Å². The van der Waals surface area contributed by atoms with Gasteiger partial charge in [-0.25, -0.2) is 0 Å². The Balaban J connectivity index is 3.53. The fraction of sp³-hybridized carbons (Fsp3) is 0.867. The van der Waals surface area contributed by atoms with Gasteiger partial charge in [-0.2, -0.15) is 0 Å². The van der Waals surface area contributed by atoms with Crippen molar-refractivity contribution in [3.05, 3.63) is 0 Å². The predicted molar refractivity (Wildman–Crippen MR) is 74.8 cm³/mol. The van der Waals surface area contributed by atoms with Gasteiger partial charge in [-0.1, -0.05) is 26.2 Å². The van der Waals surface area contributed by atoms with Crippen molar-refractivity contribution in [1.82, 2.24) is 0 Å². The van der Waals surface area contributed by atoms with Gasteiger partial charge in [0.05, 0.1) is 12.7 Å². The van der Waals surface area contributed by atoms with Crippen molar-refractivity contribution < 1.29 is 19.1 Å². The topological polar surface area (TPSA) is 52.6 Å². The van der Waals surface area contributed by atoms with Crippen LogP contribution in [0.2, 0.25) is 0 Å². The highest BCUT2D eigenvalue weighted by atomic mass is 16.5. The minimum Gasteiger partial charge on any atom is -0.466 e. The van der Waals surface area contributed by atoms with Crippen LogP contribution >= 0.6 is 0 Å². The van der Waals surface area contributed by atoms with E-state index < -0.39 is 0 Å². The van der Waals surface area contributed by atoms with Gasteiger partial charge < -0.3 is 9.47 Å². The molecule has 0 radical (unpaired) electrons. The number of rotatable bonds is 11. The van der Waals surface area contributed by atoms with E-state index in [0.717, 1.165) is 12.8 Å². The molecule has 0 rings (SSSR count). The lowest BCUT2D eigenvalue weighted by atomic mass is 10.1. The van der Waals surface area contributed by atoms with Gasteiger partial charge in [0.1, 0.15) is 0 Å². The van der Waals surface area contributed by atoms with E-state index >= 15 is 0 Å². The van der Waals surface area contributed by atoms with E-state index in [4.69, 9.17) is 9.47 Å². The summed E-state index contributed by atoms with van der Waals surface area (Å²) >= 11 is 0. The van der Waals surface area contributed by atoms with Crippen LogP contribution in [0.4, 0.5) is 0 Å². The molecule has 0 aliphatic rings. The lowest BCUT2D eigenvalue weighted by molar-refractivity contribution is -0.149. The molecule has 0 heterocycles. The van der Waals surface area contributed by atoms with Crippen LogP contribution in [-0.4, -0.2) is 24.6 Å².